The Bertz CT molecular complexity index is 1160. The van der Waals surface area contributed by atoms with Crippen molar-refractivity contribution >= 4 is 28.7 Å². The first-order valence-corrected chi connectivity index (χ1v) is 8.35. The van der Waals surface area contributed by atoms with E-state index in [1.165, 1.54) is 39.5 Å². The number of rotatable bonds is 4. The Kier molecular flexibility index (Phi) is 5.40. The third-order valence-electron chi connectivity index (χ3n) is 4.11. The Hall–Kier alpha value is -4.01. The summed E-state index contributed by atoms with van der Waals surface area (Å²) in [6, 6.07) is 10.2. The van der Waals surface area contributed by atoms with Gasteiger partial charge in [0.25, 0.3) is 5.56 Å². The minimum atomic E-state index is -0.866. The number of hydrogen-bond acceptors (Lipinski definition) is 8. The van der Waals surface area contributed by atoms with Crippen LogP contribution in [0.2, 0.25) is 0 Å². The summed E-state index contributed by atoms with van der Waals surface area (Å²) in [4.78, 5) is 48.7. The van der Waals surface area contributed by atoms with Gasteiger partial charge >= 0.3 is 17.9 Å². The van der Waals surface area contributed by atoms with Crippen LogP contribution in [0.1, 0.15) is 31.2 Å². The summed E-state index contributed by atoms with van der Waals surface area (Å²) < 4.78 is 15.7. The summed E-state index contributed by atoms with van der Waals surface area (Å²) >= 11 is 0. The number of aromatic nitrogens is 2. The van der Waals surface area contributed by atoms with Crippen LogP contribution in [-0.4, -0.2) is 41.9 Å². The molecule has 9 nitrogen and oxygen atoms in total. The van der Waals surface area contributed by atoms with Crippen molar-refractivity contribution in [3.63, 3.8) is 0 Å². The van der Waals surface area contributed by atoms with Crippen molar-refractivity contribution in [2.24, 2.45) is 7.05 Å². The standard InChI is InChI=1S/C20H16N2O7/c1-22-17(23)15-7-5-4-6-14(15)16(21-22)20(26)29-13-9-11(18(24)27-2)8-12(10-13)19(25)28-3/h4-10H,1-3H3. The average molecular weight is 396 g/mol. The lowest BCUT2D eigenvalue weighted by Crippen LogP contribution is -2.24. The molecule has 0 fully saturated rings. The molecule has 148 valence electrons. The minimum Gasteiger partial charge on any atom is -0.465 e. The number of aryl methyl sites for hydroxylation is 1. The van der Waals surface area contributed by atoms with Gasteiger partial charge in [-0.2, -0.15) is 5.10 Å². The molecular weight excluding hydrogens is 380 g/mol. The number of benzene rings is 2. The number of carbonyl (C=O) groups is 3. The molecule has 29 heavy (non-hydrogen) atoms. The van der Waals surface area contributed by atoms with Crippen LogP contribution in [0.5, 0.6) is 5.75 Å². The van der Waals surface area contributed by atoms with Gasteiger partial charge in [-0.3, -0.25) is 4.79 Å². The molecular formula is C20H16N2O7. The maximum Gasteiger partial charge on any atom is 0.364 e. The van der Waals surface area contributed by atoms with Gasteiger partial charge in [0.2, 0.25) is 0 Å². The van der Waals surface area contributed by atoms with Gasteiger partial charge < -0.3 is 14.2 Å². The van der Waals surface area contributed by atoms with Crippen LogP contribution in [0.15, 0.2) is 47.3 Å². The molecule has 0 saturated carbocycles. The molecule has 0 radical (unpaired) electrons. The maximum absolute atomic E-state index is 12.8. The Morgan fingerprint density at radius 2 is 1.41 bits per heavy atom. The van der Waals surface area contributed by atoms with Gasteiger partial charge in [0.15, 0.2) is 5.69 Å². The van der Waals surface area contributed by atoms with E-state index in [1.807, 2.05) is 0 Å². The number of esters is 3. The molecule has 0 aliphatic carbocycles. The third kappa shape index (κ3) is 3.84. The molecule has 0 spiro atoms. The molecule has 3 aromatic rings. The van der Waals surface area contributed by atoms with Crippen LogP contribution in [0.25, 0.3) is 10.8 Å². The summed E-state index contributed by atoms with van der Waals surface area (Å²) in [5.74, 6) is -2.40. The monoisotopic (exact) mass is 396 g/mol. The van der Waals surface area contributed by atoms with E-state index in [0.29, 0.717) is 10.8 Å². The van der Waals surface area contributed by atoms with E-state index in [9.17, 15) is 19.2 Å². The average Bonchev–Trinajstić information content (AvgIpc) is 2.74. The van der Waals surface area contributed by atoms with Crippen molar-refractivity contribution in [2.75, 3.05) is 14.2 Å². The topological polar surface area (TPSA) is 114 Å². The molecule has 1 aromatic heterocycles. The number of ether oxygens (including phenoxy) is 3. The number of fused-ring (bicyclic) bond motifs is 1. The molecule has 0 aliphatic heterocycles. The van der Waals surface area contributed by atoms with E-state index in [0.717, 1.165) is 4.68 Å². The zero-order valence-corrected chi connectivity index (χ0v) is 15.8. The van der Waals surface area contributed by atoms with E-state index in [-0.39, 0.29) is 28.1 Å². The largest absolute Gasteiger partial charge is 0.465 e. The predicted molar refractivity (Wildman–Crippen MR) is 101 cm³/mol. The molecule has 9 heteroatoms. The second-order valence-electron chi connectivity index (χ2n) is 5.94. The molecule has 0 N–H and O–H groups in total. The summed E-state index contributed by atoms with van der Waals surface area (Å²) in [6.45, 7) is 0. The first-order chi connectivity index (χ1) is 13.8. The lowest BCUT2D eigenvalue weighted by Gasteiger charge is -2.10. The summed E-state index contributed by atoms with van der Waals surface area (Å²) in [6.07, 6.45) is 0. The van der Waals surface area contributed by atoms with Crippen molar-refractivity contribution in [2.45, 2.75) is 0 Å². The van der Waals surface area contributed by atoms with Crippen molar-refractivity contribution < 1.29 is 28.6 Å². The van der Waals surface area contributed by atoms with Gasteiger partial charge in [0.05, 0.1) is 30.7 Å². The van der Waals surface area contributed by atoms with Gasteiger partial charge in [0, 0.05) is 12.4 Å². The van der Waals surface area contributed by atoms with Crippen LogP contribution in [-0.2, 0) is 16.5 Å². The maximum atomic E-state index is 12.8. The van der Waals surface area contributed by atoms with Crippen molar-refractivity contribution in [1.29, 1.82) is 0 Å². The Balaban J connectivity index is 2.06. The summed E-state index contributed by atoms with van der Waals surface area (Å²) in [7, 11) is 3.78. The lowest BCUT2D eigenvalue weighted by molar-refractivity contribution is 0.0593. The fourth-order valence-corrected chi connectivity index (χ4v) is 2.74. The van der Waals surface area contributed by atoms with Crippen LogP contribution in [0.3, 0.4) is 0 Å². The molecule has 1 heterocycles. The number of nitrogens with zero attached hydrogens (tertiary/aromatic N) is 2. The fraction of sp³-hybridized carbons (Fsp3) is 0.150. The van der Waals surface area contributed by atoms with Crippen molar-refractivity contribution in [3.05, 3.63) is 69.6 Å². The second-order valence-corrected chi connectivity index (χ2v) is 5.94. The van der Waals surface area contributed by atoms with E-state index in [4.69, 9.17) is 4.74 Å². The lowest BCUT2D eigenvalue weighted by atomic mass is 10.1. The normalized spacial score (nSPS) is 10.4. The van der Waals surface area contributed by atoms with E-state index >= 15 is 0 Å². The van der Waals surface area contributed by atoms with Gasteiger partial charge in [-0.05, 0) is 24.3 Å². The first-order valence-electron chi connectivity index (χ1n) is 8.35. The fourth-order valence-electron chi connectivity index (χ4n) is 2.74. The van der Waals surface area contributed by atoms with Crippen molar-refractivity contribution in [3.8, 4) is 5.75 Å². The van der Waals surface area contributed by atoms with Crippen LogP contribution in [0, 0.1) is 0 Å². The second kappa shape index (κ2) is 7.93. The minimum absolute atomic E-state index is 0.00326. The smallest absolute Gasteiger partial charge is 0.364 e. The van der Waals surface area contributed by atoms with E-state index < -0.39 is 17.9 Å². The van der Waals surface area contributed by atoms with Crippen LogP contribution < -0.4 is 10.3 Å². The van der Waals surface area contributed by atoms with Crippen LogP contribution in [0.4, 0.5) is 0 Å². The third-order valence-corrected chi connectivity index (χ3v) is 4.11. The highest BCUT2D eigenvalue weighted by atomic mass is 16.5. The molecule has 0 saturated heterocycles. The van der Waals surface area contributed by atoms with E-state index in [2.05, 4.69) is 14.6 Å². The zero-order valence-electron chi connectivity index (χ0n) is 15.8. The quantitative estimate of drug-likeness (QED) is 0.484. The molecule has 2 aromatic carbocycles. The van der Waals surface area contributed by atoms with E-state index in [1.54, 1.807) is 24.3 Å². The Morgan fingerprint density at radius 3 is 1.97 bits per heavy atom. The number of methoxy groups -OCH3 is 2. The first kappa shape index (κ1) is 19.7. The van der Waals surface area contributed by atoms with Gasteiger partial charge in [-0.15, -0.1) is 0 Å². The Morgan fingerprint density at radius 1 is 0.862 bits per heavy atom. The Labute approximate surface area is 164 Å². The highest BCUT2D eigenvalue weighted by Gasteiger charge is 2.20. The molecule has 0 aliphatic rings. The summed E-state index contributed by atoms with van der Waals surface area (Å²) in [5.41, 5.74) is -0.462. The molecule has 0 bridgehead atoms. The molecule has 0 amide bonds. The highest BCUT2D eigenvalue weighted by molar-refractivity contribution is 6.03. The highest BCUT2D eigenvalue weighted by Crippen LogP contribution is 2.21. The van der Waals surface area contributed by atoms with Gasteiger partial charge in [0.1, 0.15) is 5.75 Å². The zero-order chi connectivity index (χ0) is 21.1. The molecule has 0 atom stereocenters. The SMILES string of the molecule is COC(=O)c1cc(OC(=O)c2nn(C)c(=O)c3ccccc23)cc(C(=O)OC)c1. The van der Waals surface area contributed by atoms with Gasteiger partial charge in [-0.25, -0.2) is 19.1 Å². The predicted octanol–water partition coefficient (Wildman–Crippen LogP) is 1.73. The number of hydrogen-bond donors (Lipinski definition) is 0. The number of carbonyl (C=O) groups excluding carboxylic acids is 3. The summed E-state index contributed by atoms with van der Waals surface area (Å²) in [5, 5.41) is 4.61. The molecule has 3 rings (SSSR count). The van der Waals surface area contributed by atoms with Crippen molar-refractivity contribution in [1.82, 2.24) is 9.78 Å². The molecule has 0 unspecified atom stereocenters. The van der Waals surface area contributed by atoms with Crippen LogP contribution >= 0.6 is 0 Å². The van der Waals surface area contributed by atoms with Gasteiger partial charge in [-0.1, -0.05) is 18.2 Å².